The smallest absolute Gasteiger partial charge is 0.190 e. The fourth-order valence-corrected chi connectivity index (χ4v) is 1.42. The van der Waals surface area contributed by atoms with Crippen LogP contribution in [0.2, 0.25) is 0 Å². The molecule has 0 atom stereocenters. The van der Waals surface area contributed by atoms with Gasteiger partial charge in [0, 0.05) is 7.05 Å². The lowest BCUT2D eigenvalue weighted by Gasteiger charge is -2.21. The summed E-state index contributed by atoms with van der Waals surface area (Å²) in [6.45, 7) is 0. The molecule has 0 amide bonds. The summed E-state index contributed by atoms with van der Waals surface area (Å²) in [6.07, 6.45) is 6.55. The molecule has 0 saturated heterocycles. The summed E-state index contributed by atoms with van der Waals surface area (Å²) in [5, 5.41) is 3.36. The molecular weight excluding hydrogens is 172 g/mol. The summed E-state index contributed by atoms with van der Waals surface area (Å²) in [5.74, 6) is 0. The molecule has 1 aliphatic carbocycles. The third kappa shape index (κ3) is 3.36. The van der Waals surface area contributed by atoms with Gasteiger partial charge in [0.25, 0.3) is 0 Å². The molecule has 0 heterocycles. The van der Waals surface area contributed by atoms with Crippen LogP contribution in [0, 0.1) is 0 Å². The standard InChI is InChI=1S/C8H16N2OS/c1-9-8(12)10-11-7-5-3-2-4-6-7/h7H,2-6H2,1H3,(H2,9,10,12). The Bertz CT molecular complexity index is 146. The molecule has 4 heteroatoms. The predicted octanol–water partition coefficient (Wildman–Crippen LogP) is 1.34. The van der Waals surface area contributed by atoms with E-state index in [0.717, 1.165) is 12.8 Å². The van der Waals surface area contributed by atoms with Crippen LogP contribution in [-0.2, 0) is 4.84 Å². The van der Waals surface area contributed by atoms with Gasteiger partial charge in [-0.1, -0.05) is 19.3 Å². The Morgan fingerprint density at radius 2 is 2.00 bits per heavy atom. The van der Waals surface area contributed by atoms with E-state index in [9.17, 15) is 0 Å². The predicted molar refractivity (Wildman–Crippen MR) is 52.8 cm³/mol. The SMILES string of the molecule is CNC(=S)NOC1CCCCC1. The molecule has 70 valence electrons. The second-order valence-corrected chi connectivity index (χ2v) is 3.47. The summed E-state index contributed by atoms with van der Waals surface area (Å²) in [7, 11) is 1.78. The number of hydroxylamine groups is 1. The van der Waals surface area contributed by atoms with Gasteiger partial charge in [-0.2, -0.15) is 0 Å². The van der Waals surface area contributed by atoms with Gasteiger partial charge in [-0.15, -0.1) is 0 Å². The summed E-state index contributed by atoms with van der Waals surface area (Å²) in [6, 6.07) is 0. The Hall–Kier alpha value is -0.350. The molecule has 1 rings (SSSR count). The lowest BCUT2D eigenvalue weighted by molar-refractivity contribution is -0.0106. The quantitative estimate of drug-likeness (QED) is 0.506. The summed E-state index contributed by atoms with van der Waals surface area (Å²) in [4.78, 5) is 5.38. The molecule has 0 aromatic heterocycles. The van der Waals surface area contributed by atoms with E-state index in [1.165, 1.54) is 19.3 Å². The number of nitrogens with one attached hydrogen (secondary N) is 2. The first-order valence-electron chi connectivity index (χ1n) is 4.46. The molecule has 0 spiro atoms. The highest BCUT2D eigenvalue weighted by Crippen LogP contribution is 2.19. The maximum Gasteiger partial charge on any atom is 0.190 e. The molecule has 0 unspecified atom stereocenters. The molecule has 1 aliphatic rings. The minimum Gasteiger partial charge on any atom is -0.364 e. The van der Waals surface area contributed by atoms with Crippen LogP contribution < -0.4 is 10.8 Å². The summed E-state index contributed by atoms with van der Waals surface area (Å²) >= 11 is 4.88. The highest BCUT2D eigenvalue weighted by molar-refractivity contribution is 7.80. The van der Waals surface area contributed by atoms with Gasteiger partial charge in [0.05, 0.1) is 6.10 Å². The maximum atomic E-state index is 5.38. The van der Waals surface area contributed by atoms with E-state index >= 15 is 0 Å². The lowest BCUT2D eigenvalue weighted by atomic mass is 9.98. The first-order valence-corrected chi connectivity index (χ1v) is 4.87. The number of hydrogen-bond donors (Lipinski definition) is 2. The fourth-order valence-electron chi connectivity index (χ4n) is 1.37. The molecule has 1 fully saturated rings. The molecule has 2 N–H and O–H groups in total. The summed E-state index contributed by atoms with van der Waals surface area (Å²) < 4.78 is 0. The van der Waals surface area contributed by atoms with E-state index < -0.39 is 0 Å². The van der Waals surface area contributed by atoms with Crippen molar-refractivity contribution in [1.29, 1.82) is 0 Å². The first kappa shape index (κ1) is 9.74. The van der Waals surface area contributed by atoms with Gasteiger partial charge in [0.1, 0.15) is 0 Å². The zero-order valence-corrected chi connectivity index (χ0v) is 8.25. The van der Waals surface area contributed by atoms with Gasteiger partial charge in [-0.3, -0.25) is 4.84 Å². The topological polar surface area (TPSA) is 33.3 Å². The van der Waals surface area contributed by atoms with E-state index in [4.69, 9.17) is 17.1 Å². The average Bonchev–Trinajstić information content (AvgIpc) is 2.16. The molecule has 12 heavy (non-hydrogen) atoms. The van der Waals surface area contributed by atoms with Crippen LogP contribution in [-0.4, -0.2) is 18.3 Å². The Balaban J connectivity index is 2.09. The van der Waals surface area contributed by atoms with Gasteiger partial charge in [-0.05, 0) is 25.1 Å². The first-order chi connectivity index (χ1) is 5.83. The van der Waals surface area contributed by atoms with Gasteiger partial charge < -0.3 is 5.32 Å². The van der Waals surface area contributed by atoms with Crippen molar-refractivity contribution in [2.24, 2.45) is 0 Å². The van der Waals surface area contributed by atoms with Gasteiger partial charge in [0.15, 0.2) is 5.11 Å². The van der Waals surface area contributed by atoms with Crippen LogP contribution in [0.4, 0.5) is 0 Å². The van der Waals surface area contributed by atoms with Gasteiger partial charge in [-0.25, -0.2) is 5.48 Å². The molecule has 0 bridgehead atoms. The van der Waals surface area contributed by atoms with E-state index in [2.05, 4.69) is 10.8 Å². The van der Waals surface area contributed by atoms with Crippen molar-refractivity contribution in [1.82, 2.24) is 10.8 Å². The van der Waals surface area contributed by atoms with Crippen molar-refractivity contribution < 1.29 is 4.84 Å². The zero-order chi connectivity index (χ0) is 8.81. The summed E-state index contributed by atoms with van der Waals surface area (Å²) in [5.41, 5.74) is 2.72. The van der Waals surface area contributed by atoms with Crippen molar-refractivity contribution in [2.45, 2.75) is 38.2 Å². The molecule has 1 saturated carbocycles. The van der Waals surface area contributed by atoms with Crippen LogP contribution in [0.3, 0.4) is 0 Å². The molecular formula is C8H16N2OS. The largest absolute Gasteiger partial charge is 0.364 e. The van der Waals surface area contributed by atoms with E-state index in [1.807, 2.05) is 0 Å². The molecule has 0 aromatic carbocycles. The minimum absolute atomic E-state index is 0.352. The van der Waals surface area contributed by atoms with Crippen LogP contribution >= 0.6 is 12.2 Å². The lowest BCUT2D eigenvalue weighted by Crippen LogP contribution is -2.36. The zero-order valence-electron chi connectivity index (χ0n) is 7.43. The fraction of sp³-hybridized carbons (Fsp3) is 0.875. The number of thiocarbonyl (C=S) groups is 1. The maximum absolute atomic E-state index is 5.38. The van der Waals surface area contributed by atoms with Crippen molar-refractivity contribution in [2.75, 3.05) is 7.05 Å². The minimum atomic E-state index is 0.352. The van der Waals surface area contributed by atoms with E-state index in [0.29, 0.717) is 11.2 Å². The normalized spacial score (nSPS) is 18.8. The molecule has 0 aliphatic heterocycles. The van der Waals surface area contributed by atoms with Gasteiger partial charge >= 0.3 is 0 Å². The highest BCUT2D eigenvalue weighted by Gasteiger charge is 2.13. The van der Waals surface area contributed by atoms with E-state index in [1.54, 1.807) is 7.05 Å². The second kappa shape index (κ2) is 5.32. The van der Waals surface area contributed by atoms with Gasteiger partial charge in [0.2, 0.25) is 0 Å². The van der Waals surface area contributed by atoms with Crippen molar-refractivity contribution in [3.63, 3.8) is 0 Å². The third-order valence-electron chi connectivity index (χ3n) is 2.10. The monoisotopic (exact) mass is 188 g/mol. The highest BCUT2D eigenvalue weighted by atomic mass is 32.1. The van der Waals surface area contributed by atoms with Crippen LogP contribution in [0.5, 0.6) is 0 Å². The van der Waals surface area contributed by atoms with Crippen molar-refractivity contribution in [3.05, 3.63) is 0 Å². The number of hydrogen-bond acceptors (Lipinski definition) is 2. The van der Waals surface area contributed by atoms with Crippen LogP contribution in [0.25, 0.3) is 0 Å². The van der Waals surface area contributed by atoms with Crippen LogP contribution in [0.1, 0.15) is 32.1 Å². The van der Waals surface area contributed by atoms with Crippen LogP contribution in [0.15, 0.2) is 0 Å². The molecule has 0 aromatic rings. The molecule has 3 nitrogen and oxygen atoms in total. The Morgan fingerprint density at radius 3 is 2.58 bits per heavy atom. The average molecular weight is 188 g/mol. The van der Waals surface area contributed by atoms with Crippen molar-refractivity contribution in [3.8, 4) is 0 Å². The Kier molecular flexibility index (Phi) is 4.32. The Morgan fingerprint density at radius 1 is 1.33 bits per heavy atom. The van der Waals surface area contributed by atoms with Crippen molar-refractivity contribution >= 4 is 17.3 Å². The molecule has 0 radical (unpaired) electrons. The third-order valence-corrected chi connectivity index (χ3v) is 2.39. The number of rotatable bonds is 2. The second-order valence-electron chi connectivity index (χ2n) is 3.06. The van der Waals surface area contributed by atoms with E-state index in [-0.39, 0.29) is 0 Å². The Labute approximate surface area is 78.8 Å².